The summed E-state index contributed by atoms with van der Waals surface area (Å²) in [4.78, 5) is 0. The molecule has 10 aromatic rings. The van der Waals surface area contributed by atoms with Crippen molar-refractivity contribution in [2.24, 2.45) is 0 Å². The van der Waals surface area contributed by atoms with E-state index in [0.717, 1.165) is 30.2 Å². The molecule has 2 nitrogen and oxygen atoms in total. The first-order valence-electron chi connectivity index (χ1n) is 21.1. The van der Waals surface area contributed by atoms with Crippen LogP contribution in [0.4, 0.5) is 87.8 Å². The molecule has 0 aliphatic carbocycles. The van der Waals surface area contributed by atoms with Gasteiger partial charge in [0, 0.05) is 23.3 Å². The van der Waals surface area contributed by atoms with Gasteiger partial charge in [0.1, 0.15) is 64.2 Å². The van der Waals surface area contributed by atoms with E-state index in [4.69, 9.17) is 8.83 Å². The van der Waals surface area contributed by atoms with E-state index in [9.17, 15) is 52.7 Å². The molecule has 0 aliphatic rings. The van der Waals surface area contributed by atoms with Gasteiger partial charge in [-0.15, -0.1) is 21.9 Å². The average Bonchev–Trinajstić information content (AvgIpc) is 4.11. The molecule has 0 N–H and O–H groups in total. The van der Waals surface area contributed by atoms with Crippen LogP contribution >= 0.6 is 0 Å². The summed E-state index contributed by atoms with van der Waals surface area (Å²) in [6.45, 7) is 0. The molecule has 0 amide bonds. The maximum absolute atomic E-state index is 15.4. The molecule has 8 aromatic carbocycles. The molecule has 0 fully saturated rings. The van der Waals surface area contributed by atoms with Crippen LogP contribution in [0.15, 0.2) is 118 Å². The van der Waals surface area contributed by atoms with Crippen LogP contribution in [0.25, 0.3) is 44.2 Å². The third-order valence-electron chi connectivity index (χ3n) is 12.1. The highest BCUT2D eigenvalue weighted by Gasteiger charge is 2.52. The molecule has 0 aliphatic heterocycles. The van der Waals surface area contributed by atoms with E-state index >= 15 is 35.1 Å². The monoisotopic (exact) mass is 1190 g/mol. The van der Waals surface area contributed by atoms with Crippen molar-refractivity contribution in [2.45, 2.75) is 0 Å². The lowest BCUT2D eigenvalue weighted by molar-refractivity contribution is -0.635. The SMILES string of the molecule is Fc1c(F)c(F)c([B-](c2c(F)c(F)c(F)c(F)c2F)(c2c(F)c(F)c(F)c(F)c2F)c2c(F)c(F)c(F)c(F)c2F)c(F)c1F.c1ccc2cc(-c3ccc([I+]c4ccc(-c5ccc6ccccc6c5)o4)o3)ccc2c1. The summed E-state index contributed by atoms with van der Waals surface area (Å²) in [5.41, 5.74) is -12.1. The molecule has 2 aromatic heterocycles. The standard InChI is InChI=1S/C28H18IO2.C24BF20/c1-3-7-21-17-23(11-9-19(21)5-1)25-13-15-27(30-25)29-28-16-14-26(31-28)24-12-10-20-6-2-4-8-22(20)18-24;26-5-1(6(27)14(35)21(42)13(5)34)25(2-7(28)15(36)22(43)16(37)8(2)29,3-9(30)17(38)23(44)18(39)10(3)31)4-11(32)19(40)24(45)20(41)12(4)33/h1-18H;/q+1;-1. The molecule has 0 radical (unpaired) electrons. The summed E-state index contributed by atoms with van der Waals surface area (Å²) >= 11 is -0.517. The van der Waals surface area contributed by atoms with Crippen LogP contribution in [-0.2, 0) is 0 Å². The largest absolute Gasteiger partial charge is 0.443 e. The summed E-state index contributed by atoms with van der Waals surface area (Å²) in [6, 6.07) is 37.9. The number of fused-ring (bicyclic) bond motifs is 2. The first-order chi connectivity index (χ1) is 36.0. The predicted molar refractivity (Wildman–Crippen MR) is 230 cm³/mol. The van der Waals surface area contributed by atoms with Gasteiger partial charge in [0.2, 0.25) is 0 Å². The summed E-state index contributed by atoms with van der Waals surface area (Å²) in [7, 11) is 0. The van der Waals surface area contributed by atoms with Crippen molar-refractivity contribution in [1.29, 1.82) is 0 Å². The van der Waals surface area contributed by atoms with Crippen molar-refractivity contribution in [3.05, 3.63) is 233 Å². The van der Waals surface area contributed by atoms with Gasteiger partial charge in [0.15, 0.2) is 69.8 Å². The molecule has 0 bridgehead atoms. The number of halogens is 21. The maximum atomic E-state index is 15.4. The molecular formula is C52H18BF20IO2. The predicted octanol–water partition coefficient (Wildman–Crippen LogP) is 10.5. The molecule has 0 saturated carbocycles. The van der Waals surface area contributed by atoms with E-state index in [-0.39, 0.29) is 0 Å². The van der Waals surface area contributed by atoms with Crippen LogP contribution < -0.4 is 43.1 Å². The quantitative estimate of drug-likeness (QED) is 0.0498. The highest BCUT2D eigenvalue weighted by molar-refractivity contribution is 7.20. The smallest absolute Gasteiger partial charge is 0.418 e. The number of hydrogen-bond acceptors (Lipinski definition) is 2. The molecule has 388 valence electrons. The number of benzene rings is 8. The van der Waals surface area contributed by atoms with Crippen molar-refractivity contribution in [2.75, 3.05) is 0 Å². The second-order valence-corrected chi connectivity index (χ2v) is 18.9. The summed E-state index contributed by atoms with van der Waals surface area (Å²) < 4.78 is 308. The van der Waals surface area contributed by atoms with Gasteiger partial charge in [-0.3, -0.25) is 0 Å². The molecule has 0 spiro atoms. The van der Waals surface area contributed by atoms with Gasteiger partial charge in [0.05, 0.1) is 0 Å². The van der Waals surface area contributed by atoms with Gasteiger partial charge < -0.3 is 8.83 Å². The van der Waals surface area contributed by atoms with E-state index in [0.29, 0.717) is 0 Å². The van der Waals surface area contributed by atoms with E-state index < -0.39 is 166 Å². The summed E-state index contributed by atoms with van der Waals surface area (Å²) in [5.74, 6) is -69.6. The fourth-order valence-corrected chi connectivity index (χ4v) is 10.6. The van der Waals surface area contributed by atoms with E-state index in [2.05, 4.69) is 109 Å². The molecule has 0 atom stereocenters. The molecule has 2 heterocycles. The Morgan fingerprint density at radius 2 is 0.487 bits per heavy atom. The normalized spacial score (nSPS) is 11.7. The van der Waals surface area contributed by atoms with Crippen molar-refractivity contribution in [3.8, 4) is 22.6 Å². The topological polar surface area (TPSA) is 26.3 Å². The zero-order valence-electron chi connectivity index (χ0n) is 36.7. The number of hydrogen-bond donors (Lipinski definition) is 0. The summed E-state index contributed by atoms with van der Waals surface area (Å²) in [5, 5.41) is 4.92. The first-order valence-corrected chi connectivity index (χ1v) is 23.2. The molecule has 76 heavy (non-hydrogen) atoms. The Hall–Kier alpha value is -7.77. The molecule has 0 saturated heterocycles. The fourth-order valence-electron chi connectivity index (χ4n) is 8.69. The lowest BCUT2D eigenvalue weighted by Crippen LogP contribution is -3.61. The fraction of sp³-hybridized carbons (Fsp3) is 0. The highest BCUT2D eigenvalue weighted by Crippen LogP contribution is 2.32. The molecule has 10 rings (SSSR count). The highest BCUT2D eigenvalue weighted by atomic mass is 127. The minimum Gasteiger partial charge on any atom is -0.418 e. The Bertz CT molecular complexity index is 3510. The van der Waals surface area contributed by atoms with Crippen LogP contribution in [0.1, 0.15) is 0 Å². The molecular weight excluding hydrogens is 1170 g/mol. The average molecular weight is 1190 g/mol. The minimum atomic E-state index is -7.22. The molecule has 0 unspecified atom stereocenters. The minimum absolute atomic E-state index is 0.517. The van der Waals surface area contributed by atoms with Gasteiger partial charge in [-0.05, 0) is 45.8 Å². The third kappa shape index (κ3) is 8.49. The zero-order chi connectivity index (χ0) is 55.0. The molecule has 24 heteroatoms. The Kier molecular flexibility index (Phi) is 14.0. The maximum Gasteiger partial charge on any atom is 0.443 e. The van der Waals surface area contributed by atoms with Crippen LogP contribution in [-0.4, -0.2) is 6.15 Å². The van der Waals surface area contributed by atoms with Gasteiger partial charge in [0.25, 0.3) is 0 Å². The number of rotatable bonds is 8. The lowest BCUT2D eigenvalue weighted by Gasteiger charge is -2.44. The lowest BCUT2D eigenvalue weighted by atomic mass is 9.12. The van der Waals surface area contributed by atoms with Crippen molar-refractivity contribution >= 4 is 49.5 Å². The zero-order valence-corrected chi connectivity index (χ0v) is 38.9. The Balaban J connectivity index is 0.000000197. The second kappa shape index (κ2) is 20.1. The van der Waals surface area contributed by atoms with Crippen LogP contribution in [0.2, 0.25) is 0 Å². The second-order valence-electron chi connectivity index (χ2n) is 16.2. The van der Waals surface area contributed by atoms with E-state index in [1.54, 1.807) is 0 Å². The van der Waals surface area contributed by atoms with Gasteiger partial charge in [-0.2, -0.15) is 0 Å². The summed E-state index contributed by atoms with van der Waals surface area (Å²) in [6.07, 6.45) is -7.22. The van der Waals surface area contributed by atoms with Crippen LogP contribution in [0, 0.1) is 124 Å². The third-order valence-corrected chi connectivity index (χ3v) is 14.3. The Labute approximate surface area is 421 Å². The van der Waals surface area contributed by atoms with E-state index in [1.807, 2.05) is 0 Å². The van der Waals surface area contributed by atoms with E-state index in [1.165, 1.54) is 21.5 Å². The van der Waals surface area contributed by atoms with Crippen molar-refractivity contribution in [1.82, 2.24) is 0 Å². The van der Waals surface area contributed by atoms with Crippen molar-refractivity contribution in [3.63, 3.8) is 0 Å². The van der Waals surface area contributed by atoms with Gasteiger partial charge in [-0.25, -0.2) is 87.8 Å². The van der Waals surface area contributed by atoms with Gasteiger partial charge >= 0.3 is 28.7 Å². The number of furan rings is 2. The van der Waals surface area contributed by atoms with Crippen molar-refractivity contribution < 1.29 is 118 Å². The first kappa shape index (κ1) is 53.1. The Morgan fingerprint density at radius 1 is 0.250 bits per heavy atom. The van der Waals surface area contributed by atoms with Crippen LogP contribution in [0.5, 0.6) is 0 Å². The van der Waals surface area contributed by atoms with Crippen LogP contribution in [0.3, 0.4) is 0 Å². The Morgan fingerprint density at radius 3 is 0.750 bits per heavy atom. The van der Waals surface area contributed by atoms with Gasteiger partial charge in [-0.1, -0.05) is 72.8 Å².